The molecule has 0 amide bonds. The second kappa shape index (κ2) is 56.3. The Bertz CT molecular complexity index is 720. The molecule has 0 unspecified atom stereocenters. The number of halogens is 4. The van der Waals surface area contributed by atoms with Gasteiger partial charge < -0.3 is 0 Å². The summed E-state index contributed by atoms with van der Waals surface area (Å²) in [5.74, 6) is 0. The van der Waals surface area contributed by atoms with Crippen LogP contribution >= 0.6 is 75.9 Å². The second-order valence-electron chi connectivity index (χ2n) is 20.1. The minimum atomic E-state index is -1.37. The third-order valence-electron chi connectivity index (χ3n) is 13.9. The van der Waals surface area contributed by atoms with Crippen molar-refractivity contribution in [3.63, 3.8) is 0 Å². The molecular weight excluding hydrogens is 1120 g/mol. The van der Waals surface area contributed by atoms with Gasteiger partial charge in [0.25, 0.3) is 0 Å². The van der Waals surface area contributed by atoms with E-state index in [1.807, 2.05) is 41.0 Å². The molecule has 0 aromatic carbocycles. The van der Waals surface area contributed by atoms with Crippen LogP contribution in [0.3, 0.4) is 0 Å². The Morgan fingerprint density at radius 2 is 0.333 bits per heavy atom. The van der Waals surface area contributed by atoms with E-state index in [2.05, 4.69) is 55.4 Å². The molecule has 0 heterocycles. The van der Waals surface area contributed by atoms with E-state index in [0.717, 1.165) is 0 Å². The fourth-order valence-electron chi connectivity index (χ4n) is 9.59. The van der Waals surface area contributed by atoms with Gasteiger partial charge in [0.05, 0.1) is 49.3 Å². The number of hydrogen-bond donors (Lipinski definition) is 0. The SMILES string of the molecule is CCCCCCCCCCCCCCCC[P+](CCCC)(CCCC)CCCC.CCCCCCCCCCCCCCCC[P+](CCCC)(CCCC)CCCC.[Cl][Ni-2]([Cl])([I])[I]. The summed E-state index contributed by atoms with van der Waals surface area (Å²) in [7, 11) is 9.46. The third-order valence-corrected chi connectivity index (χ3v) is 24.0. The average molecular weight is 1240 g/mol. The zero-order valence-electron chi connectivity index (χ0n) is 44.7. The molecule has 392 valence electrons. The van der Waals surface area contributed by atoms with Gasteiger partial charge in [0.2, 0.25) is 0 Å². The van der Waals surface area contributed by atoms with Crippen LogP contribution in [0.15, 0.2) is 0 Å². The van der Waals surface area contributed by atoms with E-state index in [9.17, 15) is 0 Å². The Kier molecular flexibility index (Phi) is 63.1. The van der Waals surface area contributed by atoms with Gasteiger partial charge in [0, 0.05) is 14.5 Å². The number of rotatable bonds is 48. The first-order chi connectivity index (χ1) is 30.5. The molecule has 0 radical (unpaired) electrons. The van der Waals surface area contributed by atoms with Crippen LogP contribution in [0.4, 0.5) is 0 Å². The number of unbranched alkanes of at least 4 members (excludes halogenated alkanes) is 32. The monoisotopic (exact) mass is 1240 g/mol. The van der Waals surface area contributed by atoms with E-state index >= 15 is 0 Å². The first-order valence-electron chi connectivity index (χ1n) is 28.7. The maximum absolute atomic E-state index is 5.36. The molecule has 0 atom stereocenters. The Balaban J connectivity index is -0.00000103. The van der Waals surface area contributed by atoms with Crippen molar-refractivity contribution >= 4 is 75.9 Å². The Hall–Kier alpha value is 3.39. The molecule has 0 aliphatic carbocycles. The maximum atomic E-state index is 5.36. The fourth-order valence-corrected chi connectivity index (χ4v) is 20.0. The average Bonchev–Trinajstić information content (AvgIpc) is 3.26. The van der Waals surface area contributed by atoms with Crippen LogP contribution in [-0.4, -0.2) is 49.3 Å². The summed E-state index contributed by atoms with van der Waals surface area (Å²) in [5, 5.41) is 0. The normalized spacial score (nSPS) is 12.3. The van der Waals surface area contributed by atoms with Crippen LogP contribution in [0.5, 0.6) is 0 Å². The quantitative estimate of drug-likeness (QED) is 0.0247. The van der Waals surface area contributed by atoms with Crippen LogP contribution in [0.2, 0.25) is 0 Å². The van der Waals surface area contributed by atoms with Gasteiger partial charge in [-0.05, 0) is 64.2 Å². The Morgan fingerprint density at radius 3 is 0.476 bits per heavy atom. The molecule has 0 aliphatic heterocycles. The van der Waals surface area contributed by atoms with Gasteiger partial charge in [-0.2, -0.15) is 0 Å². The second-order valence-corrected chi connectivity index (χ2v) is 53.8. The van der Waals surface area contributed by atoms with Crippen LogP contribution < -0.4 is 0 Å². The van der Waals surface area contributed by atoms with Crippen molar-refractivity contribution in [2.75, 3.05) is 49.3 Å². The molecule has 0 N–H and O–H groups in total. The van der Waals surface area contributed by atoms with E-state index in [-0.39, 0.29) is 0 Å². The van der Waals surface area contributed by atoms with Gasteiger partial charge in [-0.15, -0.1) is 0 Å². The van der Waals surface area contributed by atoms with Crippen molar-refractivity contribution in [2.24, 2.45) is 0 Å². The third kappa shape index (κ3) is 57.9. The van der Waals surface area contributed by atoms with Gasteiger partial charge in [-0.1, -0.05) is 248 Å². The summed E-state index contributed by atoms with van der Waals surface area (Å²) in [6.07, 6.45) is 71.9. The molecule has 0 nitrogen and oxygen atoms in total. The standard InChI is InChI=1S/2C28H60P.2ClH.2HI.Ni/c2*1-5-9-13-14-15-16-17-18-19-20-21-22-23-24-28-29(25-10-6-2,26-11-7-3)27-12-8-4;;;;;/h2*5-28H2,1-4H3;4*1H;/q2*+1;;;;;+2/p-4. The summed E-state index contributed by atoms with van der Waals surface area (Å²) >= 11 is 3.98. The van der Waals surface area contributed by atoms with E-state index in [4.69, 9.17) is 20.4 Å². The van der Waals surface area contributed by atoms with E-state index in [1.165, 1.54) is 244 Å². The van der Waals surface area contributed by atoms with Gasteiger partial charge in [-0.25, -0.2) is 0 Å². The first kappa shape index (κ1) is 70.6. The summed E-state index contributed by atoms with van der Waals surface area (Å²) in [6.45, 7) is 19.0. The van der Waals surface area contributed by atoms with Crippen molar-refractivity contribution < 1.29 is 4.23 Å². The number of hydrogen-bond acceptors (Lipinski definition) is 0. The molecule has 0 spiro atoms. The molecule has 0 aromatic heterocycles. The van der Waals surface area contributed by atoms with Crippen molar-refractivity contribution in [3.05, 3.63) is 0 Å². The predicted molar refractivity (Wildman–Crippen MR) is 323 cm³/mol. The van der Waals surface area contributed by atoms with E-state index in [0.29, 0.717) is 0 Å². The van der Waals surface area contributed by atoms with E-state index in [1.54, 1.807) is 62.1 Å². The topological polar surface area (TPSA) is 0 Å². The molecule has 7 heteroatoms. The predicted octanol–water partition coefficient (Wildman–Crippen LogP) is 24.9. The molecule has 0 fully saturated rings. The van der Waals surface area contributed by atoms with Crippen LogP contribution in [0, 0.1) is 0 Å². The molecule has 0 rings (SSSR count). The van der Waals surface area contributed by atoms with Crippen molar-refractivity contribution in [1.82, 2.24) is 0 Å². The van der Waals surface area contributed by atoms with Gasteiger partial charge >= 0.3 is 65.6 Å². The van der Waals surface area contributed by atoms with Crippen molar-refractivity contribution in [2.45, 2.75) is 312 Å². The van der Waals surface area contributed by atoms with Crippen molar-refractivity contribution in [3.8, 4) is 0 Å². The molecule has 0 aromatic rings. The minimum absolute atomic E-state index is 0.630. The molecule has 63 heavy (non-hydrogen) atoms. The van der Waals surface area contributed by atoms with Gasteiger partial charge in [-0.3, -0.25) is 0 Å². The zero-order valence-corrected chi connectivity index (χ0v) is 53.3. The summed E-state index contributed by atoms with van der Waals surface area (Å²) < 4.78 is -1.37. The molecular formula is C56H120Cl2I2NiP2. The summed E-state index contributed by atoms with van der Waals surface area (Å²) in [5.41, 5.74) is 0. The Morgan fingerprint density at radius 1 is 0.222 bits per heavy atom. The molecule has 0 bridgehead atoms. The first-order valence-corrected chi connectivity index (χ1v) is 42.8. The van der Waals surface area contributed by atoms with Crippen LogP contribution in [0.25, 0.3) is 0 Å². The Labute approximate surface area is 437 Å². The van der Waals surface area contributed by atoms with Crippen LogP contribution in [0.1, 0.15) is 312 Å². The molecule has 0 aliphatic rings. The summed E-state index contributed by atoms with van der Waals surface area (Å²) in [6, 6.07) is 0. The van der Waals surface area contributed by atoms with Gasteiger partial charge in [0.15, 0.2) is 0 Å². The fraction of sp³-hybridized carbons (Fsp3) is 1.00. The zero-order chi connectivity index (χ0) is 47.4. The molecule has 0 saturated heterocycles. The van der Waals surface area contributed by atoms with Crippen LogP contribution in [-0.2, 0) is 4.23 Å². The molecule has 0 saturated carbocycles. The van der Waals surface area contributed by atoms with Crippen molar-refractivity contribution in [1.29, 1.82) is 0 Å². The summed E-state index contributed by atoms with van der Waals surface area (Å²) in [4.78, 5) is 0. The van der Waals surface area contributed by atoms with Gasteiger partial charge in [0.1, 0.15) is 0 Å². The van der Waals surface area contributed by atoms with E-state index < -0.39 is 18.8 Å².